The van der Waals surface area contributed by atoms with E-state index in [2.05, 4.69) is 6.07 Å². The van der Waals surface area contributed by atoms with Crippen LogP contribution in [-0.4, -0.2) is 30.7 Å². The van der Waals surface area contributed by atoms with Crippen LogP contribution in [0.25, 0.3) is 0 Å². The Morgan fingerprint density at radius 3 is 2.60 bits per heavy atom. The molecule has 0 aromatic carbocycles. The number of rotatable bonds is 2. The number of hydrogen-bond acceptors (Lipinski definition) is 3. The number of piperidine rings is 1. The quantitative estimate of drug-likeness (QED) is 0.700. The van der Waals surface area contributed by atoms with Crippen LogP contribution in [-0.2, 0) is 4.74 Å². The van der Waals surface area contributed by atoms with Crippen molar-refractivity contribution in [2.75, 3.05) is 19.7 Å². The second kappa shape index (κ2) is 5.59. The number of ether oxygens (including phenoxy) is 1. The lowest BCUT2D eigenvalue weighted by Gasteiger charge is -2.28. The van der Waals surface area contributed by atoms with E-state index < -0.39 is 0 Å². The Morgan fingerprint density at radius 1 is 1.53 bits per heavy atom. The molecule has 0 radical (unpaired) electrons. The highest BCUT2D eigenvalue weighted by molar-refractivity contribution is 5.67. The summed E-state index contributed by atoms with van der Waals surface area (Å²) in [6.45, 7) is 5.78. The van der Waals surface area contributed by atoms with Gasteiger partial charge >= 0.3 is 6.09 Å². The van der Waals surface area contributed by atoms with E-state index in [-0.39, 0.29) is 12.0 Å². The van der Waals surface area contributed by atoms with Gasteiger partial charge in [0, 0.05) is 19.0 Å². The molecule has 1 rings (SSSR count). The summed E-state index contributed by atoms with van der Waals surface area (Å²) in [6.07, 6.45) is 1.31. The normalized spacial score (nSPS) is 17.6. The Balaban J connectivity index is 2.27. The van der Waals surface area contributed by atoms with Crippen LogP contribution < -0.4 is 0 Å². The molecule has 84 valence electrons. The van der Waals surface area contributed by atoms with Crippen molar-refractivity contribution in [1.82, 2.24) is 4.90 Å². The van der Waals surface area contributed by atoms with Crippen molar-refractivity contribution in [3.63, 3.8) is 0 Å². The first kappa shape index (κ1) is 11.8. The largest absolute Gasteiger partial charge is 0.449 e. The first-order valence-electron chi connectivity index (χ1n) is 5.44. The summed E-state index contributed by atoms with van der Waals surface area (Å²) in [5, 5.41) is 8.71. The van der Waals surface area contributed by atoms with E-state index in [0.29, 0.717) is 25.6 Å². The van der Waals surface area contributed by atoms with Crippen LogP contribution >= 0.6 is 0 Å². The second-order valence-corrected chi connectivity index (χ2v) is 4.36. The minimum atomic E-state index is -0.236. The molecule has 1 aliphatic rings. The van der Waals surface area contributed by atoms with Gasteiger partial charge in [0.05, 0.1) is 12.7 Å². The summed E-state index contributed by atoms with van der Waals surface area (Å²) in [4.78, 5) is 13.2. The maximum atomic E-state index is 11.5. The number of nitriles is 1. The first-order valence-corrected chi connectivity index (χ1v) is 5.44. The average molecular weight is 210 g/mol. The molecule has 4 nitrogen and oxygen atoms in total. The summed E-state index contributed by atoms with van der Waals surface area (Å²) in [7, 11) is 0. The number of carbonyl (C=O) groups excluding carboxylic acids is 1. The van der Waals surface area contributed by atoms with Gasteiger partial charge < -0.3 is 9.64 Å². The Labute approximate surface area is 90.8 Å². The summed E-state index contributed by atoms with van der Waals surface area (Å²) < 4.78 is 5.12. The monoisotopic (exact) mass is 210 g/mol. The van der Waals surface area contributed by atoms with Gasteiger partial charge in [-0.1, -0.05) is 13.8 Å². The highest BCUT2D eigenvalue weighted by Gasteiger charge is 2.23. The lowest BCUT2D eigenvalue weighted by molar-refractivity contribution is 0.0823. The molecule has 0 unspecified atom stereocenters. The predicted octanol–water partition coefficient (Wildman–Crippen LogP) is 2.01. The molecule has 0 N–H and O–H groups in total. The van der Waals surface area contributed by atoms with Crippen molar-refractivity contribution >= 4 is 6.09 Å². The number of carbonyl (C=O) groups is 1. The first-order chi connectivity index (χ1) is 7.13. The third-order valence-electron chi connectivity index (χ3n) is 2.48. The zero-order valence-electron chi connectivity index (χ0n) is 9.40. The minimum Gasteiger partial charge on any atom is -0.449 e. The average Bonchev–Trinajstić information content (AvgIpc) is 2.26. The SMILES string of the molecule is CC(C)COC(=O)N1CCC(C#N)CC1. The molecule has 0 aromatic rings. The number of likely N-dealkylation sites (tertiary alicyclic amines) is 1. The molecule has 1 aliphatic heterocycles. The van der Waals surface area contributed by atoms with Crippen LogP contribution in [0.5, 0.6) is 0 Å². The Bertz CT molecular complexity index is 250. The number of nitrogens with zero attached hydrogens (tertiary/aromatic N) is 2. The molecule has 1 saturated heterocycles. The van der Waals surface area contributed by atoms with Gasteiger partial charge in [-0.15, -0.1) is 0 Å². The maximum Gasteiger partial charge on any atom is 0.409 e. The molecule has 0 bridgehead atoms. The van der Waals surface area contributed by atoms with E-state index in [1.807, 2.05) is 13.8 Å². The van der Waals surface area contributed by atoms with Gasteiger partial charge in [0.2, 0.25) is 0 Å². The lowest BCUT2D eigenvalue weighted by Crippen LogP contribution is -2.38. The molecule has 1 amide bonds. The Morgan fingerprint density at radius 2 is 2.13 bits per heavy atom. The lowest BCUT2D eigenvalue weighted by atomic mass is 9.99. The van der Waals surface area contributed by atoms with Gasteiger partial charge in [0.15, 0.2) is 0 Å². The van der Waals surface area contributed by atoms with E-state index in [4.69, 9.17) is 10.00 Å². The highest BCUT2D eigenvalue weighted by atomic mass is 16.6. The van der Waals surface area contributed by atoms with Gasteiger partial charge in [-0.3, -0.25) is 0 Å². The molecule has 0 aromatic heterocycles. The van der Waals surface area contributed by atoms with Crippen molar-refractivity contribution < 1.29 is 9.53 Å². The summed E-state index contributed by atoms with van der Waals surface area (Å²) >= 11 is 0. The standard InChI is InChI=1S/C11H18N2O2/c1-9(2)8-15-11(14)13-5-3-10(7-12)4-6-13/h9-10H,3-6,8H2,1-2H3. The second-order valence-electron chi connectivity index (χ2n) is 4.36. The van der Waals surface area contributed by atoms with Crippen LogP contribution in [0.2, 0.25) is 0 Å². The Hall–Kier alpha value is -1.24. The van der Waals surface area contributed by atoms with Crippen molar-refractivity contribution in [2.45, 2.75) is 26.7 Å². The molecule has 1 fully saturated rings. The van der Waals surface area contributed by atoms with Crippen LogP contribution in [0.15, 0.2) is 0 Å². The van der Waals surface area contributed by atoms with E-state index in [1.165, 1.54) is 0 Å². The molecule has 0 saturated carbocycles. The van der Waals surface area contributed by atoms with Gasteiger partial charge in [-0.05, 0) is 18.8 Å². The molecule has 0 atom stereocenters. The smallest absolute Gasteiger partial charge is 0.409 e. The Kier molecular flexibility index (Phi) is 4.41. The van der Waals surface area contributed by atoms with E-state index in [0.717, 1.165) is 12.8 Å². The van der Waals surface area contributed by atoms with Gasteiger partial charge in [0.1, 0.15) is 0 Å². The molecular formula is C11H18N2O2. The van der Waals surface area contributed by atoms with Gasteiger partial charge in [-0.2, -0.15) is 5.26 Å². The molecule has 0 aliphatic carbocycles. The van der Waals surface area contributed by atoms with E-state index in [9.17, 15) is 4.79 Å². The summed E-state index contributed by atoms with van der Waals surface area (Å²) in [5.41, 5.74) is 0. The van der Waals surface area contributed by atoms with Gasteiger partial charge in [0.25, 0.3) is 0 Å². The fourth-order valence-electron chi connectivity index (χ4n) is 1.52. The van der Waals surface area contributed by atoms with Crippen molar-refractivity contribution in [3.05, 3.63) is 0 Å². The van der Waals surface area contributed by atoms with Crippen LogP contribution in [0, 0.1) is 23.2 Å². The fourth-order valence-corrected chi connectivity index (χ4v) is 1.52. The van der Waals surface area contributed by atoms with Crippen molar-refractivity contribution in [3.8, 4) is 6.07 Å². The van der Waals surface area contributed by atoms with E-state index >= 15 is 0 Å². The molecule has 1 heterocycles. The third kappa shape index (κ3) is 3.78. The zero-order chi connectivity index (χ0) is 11.3. The highest BCUT2D eigenvalue weighted by Crippen LogP contribution is 2.16. The topological polar surface area (TPSA) is 53.3 Å². The molecular weight excluding hydrogens is 192 g/mol. The van der Waals surface area contributed by atoms with Crippen LogP contribution in [0.3, 0.4) is 0 Å². The van der Waals surface area contributed by atoms with Crippen LogP contribution in [0.4, 0.5) is 4.79 Å². The third-order valence-corrected chi connectivity index (χ3v) is 2.48. The molecule has 0 spiro atoms. The maximum absolute atomic E-state index is 11.5. The summed E-state index contributed by atoms with van der Waals surface area (Å²) in [6, 6.07) is 2.23. The predicted molar refractivity (Wildman–Crippen MR) is 56.1 cm³/mol. The zero-order valence-corrected chi connectivity index (χ0v) is 9.40. The number of hydrogen-bond donors (Lipinski definition) is 0. The van der Waals surface area contributed by atoms with Crippen molar-refractivity contribution in [2.24, 2.45) is 11.8 Å². The molecule has 4 heteroatoms. The minimum absolute atomic E-state index is 0.110. The van der Waals surface area contributed by atoms with E-state index in [1.54, 1.807) is 4.90 Å². The number of amides is 1. The molecule has 15 heavy (non-hydrogen) atoms. The van der Waals surface area contributed by atoms with Crippen molar-refractivity contribution in [1.29, 1.82) is 5.26 Å². The summed E-state index contributed by atoms with van der Waals surface area (Å²) in [5.74, 6) is 0.477. The fraction of sp³-hybridized carbons (Fsp3) is 0.818. The van der Waals surface area contributed by atoms with Crippen LogP contribution in [0.1, 0.15) is 26.7 Å². The van der Waals surface area contributed by atoms with Gasteiger partial charge in [-0.25, -0.2) is 4.79 Å².